The van der Waals surface area contributed by atoms with Crippen molar-refractivity contribution in [3.63, 3.8) is 0 Å². The van der Waals surface area contributed by atoms with E-state index >= 15 is 0 Å². The van der Waals surface area contributed by atoms with E-state index in [1.54, 1.807) is 0 Å². The normalized spacial score (nSPS) is 18.2. The summed E-state index contributed by atoms with van der Waals surface area (Å²) in [6.45, 7) is 5.12. The molecule has 5 nitrogen and oxygen atoms in total. The van der Waals surface area contributed by atoms with Gasteiger partial charge in [-0.15, -0.1) is 0 Å². The molecule has 1 amide bonds. The van der Waals surface area contributed by atoms with Gasteiger partial charge >= 0.3 is 0 Å². The Hall–Kier alpha value is -2.14. The molecule has 2 heterocycles. The van der Waals surface area contributed by atoms with Gasteiger partial charge in [-0.05, 0) is 44.2 Å². The van der Waals surface area contributed by atoms with Crippen LogP contribution in [0, 0.1) is 11.8 Å². The van der Waals surface area contributed by atoms with Gasteiger partial charge in [-0.2, -0.15) is 0 Å². The molecular weight excluding hydrogens is 338 g/mol. The fourth-order valence-corrected chi connectivity index (χ4v) is 3.75. The number of hydrogen-bond donors (Lipinski definition) is 1. The van der Waals surface area contributed by atoms with Gasteiger partial charge in [0.2, 0.25) is 5.91 Å². The Balaban J connectivity index is 1.40. The van der Waals surface area contributed by atoms with Crippen LogP contribution in [0.2, 0.25) is 0 Å². The number of benzene rings is 1. The van der Waals surface area contributed by atoms with E-state index in [2.05, 4.69) is 17.4 Å². The highest BCUT2D eigenvalue weighted by atomic mass is 16.5. The van der Waals surface area contributed by atoms with Gasteiger partial charge in [0.05, 0.1) is 0 Å². The summed E-state index contributed by atoms with van der Waals surface area (Å²) in [4.78, 5) is 14.4. The third-order valence-corrected chi connectivity index (χ3v) is 5.61. The molecule has 1 fully saturated rings. The van der Waals surface area contributed by atoms with E-state index in [0.717, 1.165) is 49.5 Å². The zero-order valence-electron chi connectivity index (χ0n) is 16.5. The summed E-state index contributed by atoms with van der Waals surface area (Å²) in [5.74, 6) is 2.18. The van der Waals surface area contributed by atoms with Crippen LogP contribution in [0.3, 0.4) is 0 Å². The lowest BCUT2D eigenvalue weighted by Gasteiger charge is -2.29. The van der Waals surface area contributed by atoms with Crippen molar-refractivity contribution >= 4 is 5.91 Å². The molecule has 3 rings (SSSR count). The second-order valence-electron chi connectivity index (χ2n) is 7.75. The maximum atomic E-state index is 12.5. The topological polar surface area (TPSA) is 58.4 Å². The van der Waals surface area contributed by atoms with Gasteiger partial charge in [0.25, 0.3) is 0 Å². The van der Waals surface area contributed by atoms with Crippen LogP contribution >= 0.6 is 0 Å². The van der Waals surface area contributed by atoms with Crippen LogP contribution in [0.5, 0.6) is 0 Å². The quantitative estimate of drug-likeness (QED) is 0.770. The third kappa shape index (κ3) is 5.67. The number of rotatable bonds is 8. The second-order valence-corrected chi connectivity index (χ2v) is 7.75. The summed E-state index contributed by atoms with van der Waals surface area (Å²) >= 11 is 0. The number of hydrogen-bond acceptors (Lipinski definition) is 4. The Morgan fingerprint density at radius 1 is 1.37 bits per heavy atom. The first-order valence-electron chi connectivity index (χ1n) is 10.1. The molecule has 0 bridgehead atoms. The van der Waals surface area contributed by atoms with Gasteiger partial charge in [-0.3, -0.25) is 4.79 Å². The minimum absolute atomic E-state index is 0.246. The Morgan fingerprint density at radius 3 is 2.93 bits per heavy atom. The second kappa shape index (κ2) is 9.70. The zero-order valence-corrected chi connectivity index (χ0v) is 16.5. The highest BCUT2D eigenvalue weighted by Gasteiger charge is 2.23. The van der Waals surface area contributed by atoms with E-state index in [-0.39, 0.29) is 5.91 Å². The van der Waals surface area contributed by atoms with Crippen molar-refractivity contribution < 1.29 is 9.32 Å². The SMILES string of the molecule is CC(CC(=O)N(C)CCCc1cc(-c2ccccc2)no1)C1CCCNC1. The molecule has 0 radical (unpaired) electrons. The molecule has 1 aliphatic rings. The average Bonchev–Trinajstić information content (AvgIpc) is 3.18. The lowest BCUT2D eigenvalue weighted by atomic mass is 9.85. The first-order valence-corrected chi connectivity index (χ1v) is 10.1. The van der Waals surface area contributed by atoms with Crippen molar-refractivity contribution in [1.82, 2.24) is 15.4 Å². The summed E-state index contributed by atoms with van der Waals surface area (Å²) in [5.41, 5.74) is 1.93. The van der Waals surface area contributed by atoms with Crippen molar-refractivity contribution in [3.8, 4) is 11.3 Å². The third-order valence-electron chi connectivity index (χ3n) is 5.61. The maximum absolute atomic E-state index is 12.5. The van der Waals surface area contributed by atoms with Crippen LogP contribution in [0.15, 0.2) is 40.9 Å². The number of carbonyl (C=O) groups is 1. The standard InChI is InChI=1S/C22H31N3O2/c1-17(19-10-6-12-23-16-19)14-22(26)25(2)13-7-11-20-15-21(24-27-20)18-8-4-3-5-9-18/h3-5,8-9,15,17,19,23H,6-7,10-14,16H2,1-2H3. The van der Waals surface area contributed by atoms with Gasteiger partial charge in [0.15, 0.2) is 0 Å². The fourth-order valence-electron chi connectivity index (χ4n) is 3.75. The zero-order chi connectivity index (χ0) is 19.1. The van der Waals surface area contributed by atoms with Gasteiger partial charge < -0.3 is 14.7 Å². The molecule has 2 atom stereocenters. The summed E-state index contributed by atoms with van der Waals surface area (Å²) < 4.78 is 5.44. The van der Waals surface area contributed by atoms with Crippen LogP contribution in [0.1, 0.15) is 38.4 Å². The lowest BCUT2D eigenvalue weighted by molar-refractivity contribution is -0.131. The maximum Gasteiger partial charge on any atom is 0.222 e. The van der Waals surface area contributed by atoms with Crippen molar-refractivity contribution in [3.05, 3.63) is 42.2 Å². The lowest BCUT2D eigenvalue weighted by Crippen LogP contribution is -2.36. The van der Waals surface area contributed by atoms with E-state index in [4.69, 9.17) is 4.52 Å². The Bertz CT molecular complexity index is 707. The summed E-state index contributed by atoms with van der Waals surface area (Å²) in [6, 6.07) is 12.0. The highest BCUT2D eigenvalue weighted by molar-refractivity contribution is 5.76. The van der Waals surface area contributed by atoms with Crippen molar-refractivity contribution in [2.75, 3.05) is 26.7 Å². The highest BCUT2D eigenvalue weighted by Crippen LogP contribution is 2.23. The van der Waals surface area contributed by atoms with Crippen LogP contribution in [-0.2, 0) is 11.2 Å². The first kappa shape index (κ1) is 19.6. The van der Waals surface area contributed by atoms with Gasteiger partial charge in [0, 0.05) is 38.1 Å². The predicted octanol–water partition coefficient (Wildman–Crippen LogP) is 3.76. The van der Waals surface area contributed by atoms with E-state index < -0.39 is 0 Å². The number of aryl methyl sites for hydroxylation is 1. The number of aromatic nitrogens is 1. The van der Waals surface area contributed by atoms with Crippen molar-refractivity contribution in [1.29, 1.82) is 0 Å². The molecule has 1 saturated heterocycles. The molecule has 0 spiro atoms. The molecule has 2 unspecified atom stereocenters. The molecule has 27 heavy (non-hydrogen) atoms. The molecule has 5 heteroatoms. The molecule has 1 aromatic heterocycles. The molecule has 1 aliphatic heterocycles. The largest absolute Gasteiger partial charge is 0.361 e. The molecule has 2 aromatic rings. The van der Waals surface area contributed by atoms with E-state index in [9.17, 15) is 4.79 Å². The van der Waals surface area contributed by atoms with E-state index in [1.807, 2.05) is 48.3 Å². The van der Waals surface area contributed by atoms with Gasteiger partial charge in [-0.25, -0.2) is 0 Å². The molecular formula is C22H31N3O2. The van der Waals surface area contributed by atoms with Crippen LogP contribution in [0.4, 0.5) is 0 Å². The number of nitrogens with zero attached hydrogens (tertiary/aromatic N) is 2. The van der Waals surface area contributed by atoms with Crippen molar-refractivity contribution in [2.24, 2.45) is 11.8 Å². The summed E-state index contributed by atoms with van der Waals surface area (Å²) in [6.07, 6.45) is 4.77. The average molecular weight is 370 g/mol. The number of piperidine rings is 1. The minimum atomic E-state index is 0.246. The van der Waals surface area contributed by atoms with E-state index in [0.29, 0.717) is 18.3 Å². The number of carbonyl (C=O) groups excluding carboxylic acids is 1. The molecule has 0 aliphatic carbocycles. The molecule has 1 aromatic carbocycles. The fraction of sp³-hybridized carbons (Fsp3) is 0.545. The van der Waals surface area contributed by atoms with Crippen molar-refractivity contribution in [2.45, 2.75) is 39.0 Å². The Kier molecular flexibility index (Phi) is 7.04. The number of nitrogens with one attached hydrogen (secondary N) is 1. The van der Waals surface area contributed by atoms with Gasteiger partial charge in [0.1, 0.15) is 11.5 Å². The van der Waals surface area contributed by atoms with Crippen LogP contribution < -0.4 is 5.32 Å². The van der Waals surface area contributed by atoms with Gasteiger partial charge in [-0.1, -0.05) is 42.4 Å². The molecule has 146 valence electrons. The molecule has 0 saturated carbocycles. The predicted molar refractivity (Wildman–Crippen MR) is 107 cm³/mol. The first-order chi connectivity index (χ1) is 13.1. The minimum Gasteiger partial charge on any atom is -0.361 e. The number of amides is 1. The Labute approximate surface area is 162 Å². The molecule has 1 N–H and O–H groups in total. The smallest absolute Gasteiger partial charge is 0.222 e. The summed E-state index contributed by atoms with van der Waals surface area (Å²) in [5, 5.41) is 7.59. The monoisotopic (exact) mass is 369 g/mol. The van der Waals surface area contributed by atoms with Crippen LogP contribution in [-0.4, -0.2) is 42.6 Å². The Morgan fingerprint density at radius 2 is 2.19 bits per heavy atom. The van der Waals surface area contributed by atoms with E-state index in [1.165, 1.54) is 12.8 Å². The van der Waals surface area contributed by atoms with Crippen LogP contribution in [0.25, 0.3) is 11.3 Å². The summed E-state index contributed by atoms with van der Waals surface area (Å²) in [7, 11) is 1.91.